The molecule has 1 unspecified atom stereocenters. The molecule has 5 aliphatic rings. The minimum atomic E-state index is -0.450. The number of rotatable bonds is 2. The van der Waals surface area contributed by atoms with E-state index in [1.807, 2.05) is 19.9 Å². The number of carbonyl (C=O) groups is 3. The molecule has 1 saturated carbocycles. The van der Waals surface area contributed by atoms with Crippen molar-refractivity contribution in [2.75, 3.05) is 0 Å². The lowest BCUT2D eigenvalue weighted by Crippen LogP contribution is -2.46. The van der Waals surface area contributed by atoms with E-state index in [0.717, 1.165) is 42.4 Å². The van der Waals surface area contributed by atoms with Crippen LogP contribution < -0.4 is 0 Å². The van der Waals surface area contributed by atoms with Crippen LogP contribution >= 0.6 is 0 Å². The van der Waals surface area contributed by atoms with Crippen molar-refractivity contribution in [3.8, 4) is 0 Å². The molecule has 5 aliphatic carbocycles. The molecule has 0 aromatic carbocycles. The Kier molecular flexibility index (Phi) is 4.04. The van der Waals surface area contributed by atoms with Gasteiger partial charge in [0, 0.05) is 11.8 Å². The number of Topliss-reactive ketones (excluding diaryl/α,β-unsaturated/α-hetero) is 1. The van der Waals surface area contributed by atoms with Crippen molar-refractivity contribution in [1.29, 1.82) is 0 Å². The zero-order valence-electron chi connectivity index (χ0n) is 18.3. The van der Waals surface area contributed by atoms with Crippen LogP contribution in [0.15, 0.2) is 46.6 Å². The van der Waals surface area contributed by atoms with Crippen LogP contribution in [-0.2, 0) is 19.1 Å². The Balaban J connectivity index is 1.72. The molecular formula is C26H30O4. The summed E-state index contributed by atoms with van der Waals surface area (Å²) in [7, 11) is 0. The van der Waals surface area contributed by atoms with E-state index in [-0.39, 0.29) is 28.7 Å². The van der Waals surface area contributed by atoms with Crippen LogP contribution in [0.25, 0.3) is 0 Å². The first-order chi connectivity index (χ1) is 14.1. The molecular weight excluding hydrogens is 376 g/mol. The molecule has 0 heterocycles. The SMILES string of the molecule is CC(C)OC(=O)[C@@H]1CC2=CC(=O)C=CC2(C)C2=C1C1=CC[C@@]3(C)CCC(=O)[C@@]13CC2. The predicted octanol–water partition coefficient (Wildman–Crippen LogP) is 4.81. The first-order valence-electron chi connectivity index (χ1n) is 11.2. The summed E-state index contributed by atoms with van der Waals surface area (Å²) in [6, 6.07) is 0. The first kappa shape index (κ1) is 19.7. The molecule has 0 N–H and O–H groups in total. The molecule has 0 radical (unpaired) electrons. The topological polar surface area (TPSA) is 60.4 Å². The minimum Gasteiger partial charge on any atom is -0.462 e. The molecule has 30 heavy (non-hydrogen) atoms. The maximum absolute atomic E-state index is 13.3. The Morgan fingerprint density at radius 2 is 1.93 bits per heavy atom. The highest BCUT2D eigenvalue weighted by atomic mass is 16.5. The van der Waals surface area contributed by atoms with Gasteiger partial charge in [0.15, 0.2) is 5.78 Å². The van der Waals surface area contributed by atoms with Crippen LogP contribution in [0.1, 0.15) is 66.2 Å². The number of hydrogen-bond donors (Lipinski definition) is 0. The fourth-order valence-electron chi connectivity index (χ4n) is 7.00. The third-order valence-electron chi connectivity index (χ3n) is 8.59. The van der Waals surface area contributed by atoms with Gasteiger partial charge >= 0.3 is 5.97 Å². The van der Waals surface area contributed by atoms with E-state index in [0.29, 0.717) is 18.6 Å². The molecule has 1 fully saturated rings. The van der Waals surface area contributed by atoms with Crippen LogP contribution in [-0.4, -0.2) is 23.6 Å². The molecule has 0 aliphatic heterocycles. The fourth-order valence-corrected chi connectivity index (χ4v) is 7.00. The number of allylic oxidation sites excluding steroid dienone is 7. The average molecular weight is 407 g/mol. The van der Waals surface area contributed by atoms with Gasteiger partial charge in [0.2, 0.25) is 0 Å². The molecule has 0 bridgehead atoms. The summed E-state index contributed by atoms with van der Waals surface area (Å²) in [5.41, 5.74) is 3.49. The monoisotopic (exact) mass is 406 g/mol. The van der Waals surface area contributed by atoms with E-state index >= 15 is 0 Å². The zero-order valence-corrected chi connectivity index (χ0v) is 18.3. The normalized spacial score (nSPS) is 39.3. The Morgan fingerprint density at radius 1 is 1.17 bits per heavy atom. The number of carbonyl (C=O) groups excluding carboxylic acids is 3. The zero-order chi connectivity index (χ0) is 21.5. The van der Waals surface area contributed by atoms with Gasteiger partial charge in [-0.05, 0) is 81.6 Å². The highest BCUT2D eigenvalue weighted by molar-refractivity contribution is 6.02. The minimum absolute atomic E-state index is 0.0200. The summed E-state index contributed by atoms with van der Waals surface area (Å²) in [6.07, 6.45) is 11.9. The maximum Gasteiger partial charge on any atom is 0.314 e. The third kappa shape index (κ3) is 2.31. The number of fused-ring (bicyclic) bond motifs is 3. The van der Waals surface area contributed by atoms with Gasteiger partial charge in [-0.2, -0.15) is 0 Å². The van der Waals surface area contributed by atoms with E-state index in [4.69, 9.17) is 4.74 Å². The molecule has 5 rings (SSSR count). The van der Waals surface area contributed by atoms with Gasteiger partial charge in [-0.15, -0.1) is 0 Å². The maximum atomic E-state index is 13.3. The van der Waals surface area contributed by atoms with Crippen LogP contribution in [0.4, 0.5) is 0 Å². The Morgan fingerprint density at radius 3 is 2.67 bits per heavy atom. The number of hydrogen-bond acceptors (Lipinski definition) is 4. The lowest BCUT2D eigenvalue weighted by Gasteiger charge is -2.51. The van der Waals surface area contributed by atoms with Gasteiger partial charge in [0.1, 0.15) is 5.78 Å². The van der Waals surface area contributed by atoms with Crippen molar-refractivity contribution in [3.63, 3.8) is 0 Å². The number of ketones is 2. The first-order valence-corrected chi connectivity index (χ1v) is 11.2. The molecule has 0 saturated heterocycles. The summed E-state index contributed by atoms with van der Waals surface area (Å²) in [4.78, 5) is 38.7. The Labute approximate surface area is 178 Å². The van der Waals surface area contributed by atoms with Crippen molar-refractivity contribution in [3.05, 3.63) is 46.6 Å². The lowest BCUT2D eigenvalue weighted by molar-refractivity contribution is -0.151. The molecule has 0 amide bonds. The smallest absolute Gasteiger partial charge is 0.314 e. The van der Waals surface area contributed by atoms with Gasteiger partial charge in [-0.3, -0.25) is 14.4 Å². The van der Waals surface area contributed by atoms with E-state index in [9.17, 15) is 14.4 Å². The van der Waals surface area contributed by atoms with Crippen molar-refractivity contribution in [2.45, 2.75) is 72.3 Å². The second-order valence-electron chi connectivity index (χ2n) is 10.5. The Bertz CT molecular complexity index is 1010. The van der Waals surface area contributed by atoms with Crippen LogP contribution in [0.5, 0.6) is 0 Å². The molecule has 0 aromatic heterocycles. The van der Waals surface area contributed by atoms with Gasteiger partial charge in [-0.1, -0.05) is 30.2 Å². The van der Waals surface area contributed by atoms with Crippen molar-refractivity contribution in [1.82, 2.24) is 0 Å². The second kappa shape index (κ2) is 6.15. The van der Waals surface area contributed by atoms with Gasteiger partial charge in [-0.25, -0.2) is 0 Å². The van der Waals surface area contributed by atoms with Crippen LogP contribution in [0, 0.1) is 22.2 Å². The second-order valence-corrected chi connectivity index (χ2v) is 10.5. The Hall–Kier alpha value is -2.23. The largest absolute Gasteiger partial charge is 0.462 e. The number of ether oxygens (including phenoxy) is 1. The molecule has 4 atom stereocenters. The van der Waals surface area contributed by atoms with E-state index < -0.39 is 11.3 Å². The molecule has 0 aromatic rings. The van der Waals surface area contributed by atoms with Gasteiger partial charge in [0.05, 0.1) is 17.4 Å². The standard InChI is InChI=1S/C26H30O4/c1-15(2)30-23(29)18-14-16-13-17(27)5-11-25(16,4)19-7-12-26-20(22(18)19)6-9-24(26,3)10-8-21(26)28/h5-6,11,13,15,18H,7-10,12,14H2,1-4H3/t18-,24+,25?,26-/m1/s1. The highest BCUT2D eigenvalue weighted by Crippen LogP contribution is 2.70. The molecule has 4 heteroatoms. The van der Waals surface area contributed by atoms with Crippen molar-refractivity contribution in [2.24, 2.45) is 22.2 Å². The summed E-state index contributed by atoms with van der Waals surface area (Å²) in [5, 5.41) is 0. The molecule has 4 nitrogen and oxygen atoms in total. The van der Waals surface area contributed by atoms with E-state index in [2.05, 4.69) is 19.9 Å². The summed E-state index contributed by atoms with van der Waals surface area (Å²) in [5.74, 6) is -0.356. The van der Waals surface area contributed by atoms with Gasteiger partial charge < -0.3 is 4.74 Å². The van der Waals surface area contributed by atoms with Crippen LogP contribution in [0.2, 0.25) is 0 Å². The number of esters is 1. The van der Waals surface area contributed by atoms with E-state index in [1.165, 1.54) is 5.57 Å². The lowest BCUT2D eigenvalue weighted by atomic mass is 9.51. The molecule has 158 valence electrons. The van der Waals surface area contributed by atoms with Crippen LogP contribution in [0.3, 0.4) is 0 Å². The average Bonchev–Trinajstić information content (AvgIpc) is 3.11. The highest BCUT2D eigenvalue weighted by Gasteiger charge is 2.65. The summed E-state index contributed by atoms with van der Waals surface area (Å²) >= 11 is 0. The van der Waals surface area contributed by atoms with Gasteiger partial charge in [0.25, 0.3) is 0 Å². The summed E-state index contributed by atoms with van der Waals surface area (Å²) in [6.45, 7) is 8.13. The van der Waals surface area contributed by atoms with Crippen molar-refractivity contribution >= 4 is 17.5 Å². The van der Waals surface area contributed by atoms with E-state index in [1.54, 1.807) is 12.2 Å². The third-order valence-corrected chi connectivity index (χ3v) is 8.59. The van der Waals surface area contributed by atoms with Crippen molar-refractivity contribution < 1.29 is 19.1 Å². The molecule has 1 spiro atoms. The summed E-state index contributed by atoms with van der Waals surface area (Å²) < 4.78 is 5.67. The quantitative estimate of drug-likeness (QED) is 0.618. The predicted molar refractivity (Wildman–Crippen MR) is 113 cm³/mol. The fraction of sp³-hybridized carbons (Fsp3) is 0.577.